The van der Waals surface area contributed by atoms with E-state index >= 15 is 0 Å². The topological polar surface area (TPSA) is 70.6 Å². The summed E-state index contributed by atoms with van der Waals surface area (Å²) in [5.41, 5.74) is 1.11. The van der Waals surface area contributed by atoms with E-state index in [4.69, 9.17) is 0 Å². The van der Waals surface area contributed by atoms with Crippen molar-refractivity contribution in [1.29, 1.82) is 0 Å². The van der Waals surface area contributed by atoms with Gasteiger partial charge in [0, 0.05) is 0 Å². The van der Waals surface area contributed by atoms with Crippen LogP contribution in [-0.2, 0) is 9.59 Å². The Hall–Kier alpha value is -2.24. The average Bonchev–Trinajstić information content (AvgIpc) is 2.90. The molecular weight excluding hydrogens is 349 g/mol. The van der Waals surface area contributed by atoms with E-state index in [1.165, 1.54) is 13.8 Å². The third kappa shape index (κ3) is 3.32. The molecule has 2 aromatic rings. The number of hydrogen-bond acceptors (Lipinski definition) is 4. The number of hydrazine groups is 1. The summed E-state index contributed by atoms with van der Waals surface area (Å²) < 4.78 is 0.428. The predicted molar refractivity (Wildman–Crippen MR) is 82.4 cm³/mol. The van der Waals surface area contributed by atoms with Gasteiger partial charge in [-0.3, -0.25) is 0 Å². The number of imide groups is 1. The number of aromatic nitrogens is 1. The van der Waals surface area contributed by atoms with Gasteiger partial charge in [-0.15, -0.1) is 0 Å². The van der Waals surface area contributed by atoms with E-state index in [0.29, 0.717) is 10.3 Å². The van der Waals surface area contributed by atoms with Gasteiger partial charge >= 0.3 is 134 Å². The van der Waals surface area contributed by atoms with Crippen LogP contribution in [0.25, 0.3) is 0 Å². The predicted octanol–water partition coefficient (Wildman–Crippen LogP) is 1.40. The number of hydrogen-bond donors (Lipinski definition) is 0. The molecule has 0 unspecified atom stereocenters. The average molecular weight is 364 g/mol. The summed E-state index contributed by atoms with van der Waals surface area (Å²) in [6, 6.07) is 8.37. The van der Waals surface area contributed by atoms with Crippen LogP contribution in [0, 0.1) is 6.92 Å². The second-order valence-electron chi connectivity index (χ2n) is 4.60. The fourth-order valence-electron chi connectivity index (χ4n) is 1.88. The normalized spacial score (nSPS) is 10.1. The molecule has 0 saturated heterocycles. The van der Waals surface area contributed by atoms with E-state index in [2.05, 4.69) is 4.98 Å². The van der Waals surface area contributed by atoms with Crippen LogP contribution in [0.4, 0.5) is 4.69 Å². The molecule has 1 aromatic heterocycles. The van der Waals surface area contributed by atoms with Crippen LogP contribution in [0.3, 0.4) is 0 Å². The number of nitrogens with zero attached hydrogens (tertiary/aromatic N) is 3. The second kappa shape index (κ2) is 6.68. The molecule has 0 spiro atoms. The van der Waals surface area contributed by atoms with Crippen molar-refractivity contribution >= 4 is 36.9 Å². The van der Waals surface area contributed by atoms with Gasteiger partial charge in [0.05, 0.1) is 0 Å². The van der Waals surface area contributed by atoms with Gasteiger partial charge in [0.25, 0.3) is 0 Å². The van der Waals surface area contributed by atoms with Gasteiger partial charge in [0.1, 0.15) is 0 Å². The minimum atomic E-state index is -0.550. The van der Waals surface area contributed by atoms with E-state index in [1.54, 1.807) is 30.3 Å². The zero-order chi connectivity index (χ0) is 16.3. The van der Waals surface area contributed by atoms with Crippen LogP contribution in [0.5, 0.6) is 0 Å². The van der Waals surface area contributed by atoms with Gasteiger partial charge in [-0.2, -0.15) is 0 Å². The summed E-state index contributed by atoms with van der Waals surface area (Å²) >= 11 is -0.194. The van der Waals surface area contributed by atoms with Crippen LogP contribution in [0.1, 0.15) is 29.9 Å². The van der Waals surface area contributed by atoms with Gasteiger partial charge in [0.15, 0.2) is 0 Å². The zero-order valence-corrected chi connectivity index (χ0v) is 14.2. The molecule has 1 aromatic carbocycles. The van der Waals surface area contributed by atoms with Crippen molar-refractivity contribution in [1.82, 2.24) is 9.99 Å². The van der Waals surface area contributed by atoms with Gasteiger partial charge < -0.3 is 0 Å². The molecule has 1 heterocycles. The monoisotopic (exact) mass is 365 g/mol. The SMILES string of the molecule is CC(=O)N(C(=O)c1ccccc1)N(C(C)=O)c1nc(C)c[se]1. The Balaban J connectivity index is 2.47. The number of aryl methyl sites for hydroxylation is 1. The second-order valence-corrected chi connectivity index (χ2v) is 6.36. The molecule has 0 N–H and O–H groups in total. The number of rotatable bonds is 2. The quantitative estimate of drug-likeness (QED) is 0.597. The summed E-state index contributed by atoms with van der Waals surface area (Å²) in [4.78, 5) is 42.8. The summed E-state index contributed by atoms with van der Waals surface area (Å²) in [6.07, 6.45) is 0. The van der Waals surface area contributed by atoms with Crippen molar-refractivity contribution in [2.75, 3.05) is 5.01 Å². The van der Waals surface area contributed by atoms with Crippen molar-refractivity contribution < 1.29 is 14.4 Å². The van der Waals surface area contributed by atoms with Gasteiger partial charge in [-0.05, 0) is 0 Å². The van der Waals surface area contributed by atoms with E-state index in [0.717, 1.165) is 15.7 Å². The molecule has 7 heteroatoms. The molecule has 3 amide bonds. The first-order valence-electron chi connectivity index (χ1n) is 6.54. The number of carbonyl (C=O) groups is 3. The molecule has 22 heavy (non-hydrogen) atoms. The molecule has 0 aliphatic carbocycles. The van der Waals surface area contributed by atoms with E-state index < -0.39 is 17.7 Å². The summed E-state index contributed by atoms with van der Waals surface area (Å²) in [7, 11) is 0. The van der Waals surface area contributed by atoms with Crippen molar-refractivity contribution in [2.24, 2.45) is 0 Å². The molecule has 0 atom stereocenters. The number of amides is 3. The zero-order valence-electron chi connectivity index (χ0n) is 12.4. The minimum absolute atomic E-state index is 0.194. The van der Waals surface area contributed by atoms with Crippen LogP contribution in [0.15, 0.2) is 35.3 Å². The number of benzene rings is 1. The Bertz CT molecular complexity index is 712. The third-order valence-electron chi connectivity index (χ3n) is 2.80. The Morgan fingerprint density at radius 1 is 1.05 bits per heavy atom. The standard InChI is InChI=1S/C15H15N3O3Se/c1-10-9-22-15(16-10)18(12(3)20)17(11(2)19)14(21)13-7-5-4-6-8-13/h4-9H,1-3H3. The fraction of sp³-hybridized carbons (Fsp3) is 0.200. The van der Waals surface area contributed by atoms with Gasteiger partial charge in [-0.1, -0.05) is 0 Å². The molecule has 2 rings (SSSR count). The van der Waals surface area contributed by atoms with E-state index in [9.17, 15) is 14.4 Å². The molecule has 0 aliphatic rings. The van der Waals surface area contributed by atoms with E-state index in [-0.39, 0.29) is 14.5 Å². The van der Waals surface area contributed by atoms with Gasteiger partial charge in [-0.25, -0.2) is 0 Å². The molecule has 0 aliphatic heterocycles. The third-order valence-corrected chi connectivity index (χ3v) is 4.76. The van der Waals surface area contributed by atoms with Crippen LogP contribution >= 0.6 is 0 Å². The van der Waals surface area contributed by atoms with Crippen molar-refractivity contribution in [3.05, 3.63) is 46.5 Å². The molecule has 0 bridgehead atoms. The van der Waals surface area contributed by atoms with E-state index in [1.807, 2.05) is 11.9 Å². The molecule has 0 radical (unpaired) electrons. The summed E-state index contributed by atoms with van der Waals surface area (Å²) in [5, 5.41) is 1.93. The Morgan fingerprint density at radius 2 is 1.68 bits per heavy atom. The molecular formula is C15H15N3O3Se. The molecule has 114 valence electrons. The van der Waals surface area contributed by atoms with Crippen molar-refractivity contribution in [3.8, 4) is 0 Å². The Morgan fingerprint density at radius 3 is 2.14 bits per heavy atom. The maximum absolute atomic E-state index is 12.6. The van der Waals surface area contributed by atoms with Crippen LogP contribution < -0.4 is 5.01 Å². The molecule has 0 fully saturated rings. The maximum atomic E-state index is 12.6. The first-order chi connectivity index (χ1) is 10.4. The Kier molecular flexibility index (Phi) is 4.90. The van der Waals surface area contributed by atoms with Gasteiger partial charge in [0.2, 0.25) is 0 Å². The molecule has 0 saturated carbocycles. The number of carbonyl (C=O) groups excluding carboxylic acids is 3. The Labute approximate surface area is 134 Å². The first kappa shape index (κ1) is 16.1. The number of anilines is 1. The summed E-state index contributed by atoms with van der Waals surface area (Å²) in [5.74, 6) is -1.51. The van der Waals surface area contributed by atoms with Crippen molar-refractivity contribution in [2.45, 2.75) is 20.8 Å². The van der Waals surface area contributed by atoms with Crippen LogP contribution in [-0.4, -0.2) is 42.2 Å². The fourth-order valence-corrected chi connectivity index (χ4v) is 3.63. The van der Waals surface area contributed by atoms with Crippen molar-refractivity contribution in [3.63, 3.8) is 0 Å². The first-order valence-corrected chi connectivity index (χ1v) is 8.39. The summed E-state index contributed by atoms with van der Waals surface area (Å²) in [6.45, 7) is 4.37. The molecule has 6 nitrogen and oxygen atoms in total. The van der Waals surface area contributed by atoms with Crippen LogP contribution in [0.2, 0.25) is 0 Å².